The van der Waals surface area contributed by atoms with Crippen molar-refractivity contribution in [3.05, 3.63) is 18.5 Å². The van der Waals surface area contributed by atoms with Gasteiger partial charge < -0.3 is 10.0 Å². The number of likely N-dealkylation sites (tertiary alicyclic amines) is 1. The number of aliphatic hydroxyl groups is 1. The molecule has 0 radical (unpaired) electrons. The van der Waals surface area contributed by atoms with Gasteiger partial charge in [-0.3, -0.25) is 4.68 Å². The summed E-state index contributed by atoms with van der Waals surface area (Å²) in [6.45, 7) is 4.99. The summed E-state index contributed by atoms with van der Waals surface area (Å²) >= 11 is 0. The van der Waals surface area contributed by atoms with Gasteiger partial charge in [-0.05, 0) is 25.3 Å². The van der Waals surface area contributed by atoms with E-state index in [1.54, 1.807) is 0 Å². The summed E-state index contributed by atoms with van der Waals surface area (Å²) in [7, 11) is 0. The van der Waals surface area contributed by atoms with Crippen LogP contribution < -0.4 is 0 Å². The third kappa shape index (κ3) is 2.83. The summed E-state index contributed by atoms with van der Waals surface area (Å²) in [5, 5.41) is 13.9. The van der Waals surface area contributed by atoms with Crippen LogP contribution in [0.2, 0.25) is 0 Å². The summed E-state index contributed by atoms with van der Waals surface area (Å²) in [6.07, 6.45) is 6.84. The highest BCUT2D eigenvalue weighted by atomic mass is 16.3. The molecule has 0 spiro atoms. The summed E-state index contributed by atoms with van der Waals surface area (Å²) < 4.78 is 2.06. The second-order valence-electron chi connectivity index (χ2n) is 4.58. The average molecular weight is 223 g/mol. The molecule has 2 rings (SSSR count). The van der Waals surface area contributed by atoms with E-state index in [1.165, 1.54) is 0 Å². The first kappa shape index (κ1) is 11.6. The minimum Gasteiger partial charge on any atom is -0.392 e. The Bertz CT molecular complexity index is 291. The van der Waals surface area contributed by atoms with Gasteiger partial charge in [-0.1, -0.05) is 6.92 Å². The molecule has 4 nitrogen and oxygen atoms in total. The van der Waals surface area contributed by atoms with E-state index in [0.717, 1.165) is 38.9 Å². The average Bonchev–Trinajstić information content (AvgIpc) is 2.83. The summed E-state index contributed by atoms with van der Waals surface area (Å²) in [5.74, 6) is 0. The molecule has 1 saturated heterocycles. The fraction of sp³-hybridized carbons (Fsp3) is 0.750. The molecule has 0 aliphatic carbocycles. The molecule has 1 aliphatic heterocycles. The van der Waals surface area contributed by atoms with Crippen molar-refractivity contribution < 1.29 is 5.11 Å². The second kappa shape index (κ2) is 5.46. The zero-order valence-electron chi connectivity index (χ0n) is 9.92. The predicted molar refractivity (Wildman–Crippen MR) is 63.2 cm³/mol. The number of nitrogens with zero attached hydrogens (tertiary/aromatic N) is 3. The van der Waals surface area contributed by atoms with Crippen LogP contribution in [0.5, 0.6) is 0 Å². The third-order valence-corrected chi connectivity index (χ3v) is 3.40. The maximum atomic E-state index is 9.60. The van der Waals surface area contributed by atoms with Crippen LogP contribution in [0, 0.1) is 0 Å². The standard InChI is InChI=1S/C12H21N3O/c1-2-12(16)10-14-8-4-11(5-9-14)15-7-3-6-13-15/h3,6-7,11-12,16H,2,4-5,8-10H2,1H3. The molecule has 0 bridgehead atoms. The number of aliphatic hydroxyl groups excluding tert-OH is 1. The quantitative estimate of drug-likeness (QED) is 0.836. The lowest BCUT2D eigenvalue weighted by Crippen LogP contribution is -2.39. The van der Waals surface area contributed by atoms with Gasteiger partial charge in [0.1, 0.15) is 0 Å². The Kier molecular flexibility index (Phi) is 3.96. The molecule has 1 aromatic rings. The lowest BCUT2D eigenvalue weighted by Gasteiger charge is -2.33. The van der Waals surface area contributed by atoms with Crippen molar-refractivity contribution in [2.24, 2.45) is 0 Å². The highest BCUT2D eigenvalue weighted by Crippen LogP contribution is 2.21. The zero-order valence-corrected chi connectivity index (χ0v) is 9.92. The van der Waals surface area contributed by atoms with Crippen molar-refractivity contribution in [2.45, 2.75) is 38.3 Å². The Morgan fingerprint density at radius 3 is 2.75 bits per heavy atom. The highest BCUT2D eigenvalue weighted by Gasteiger charge is 2.21. The third-order valence-electron chi connectivity index (χ3n) is 3.40. The number of aromatic nitrogens is 2. The van der Waals surface area contributed by atoms with E-state index in [9.17, 15) is 5.11 Å². The van der Waals surface area contributed by atoms with Gasteiger partial charge in [0.25, 0.3) is 0 Å². The fourth-order valence-electron chi connectivity index (χ4n) is 2.29. The van der Waals surface area contributed by atoms with Crippen LogP contribution in [0.4, 0.5) is 0 Å². The van der Waals surface area contributed by atoms with Crippen molar-refractivity contribution in [1.82, 2.24) is 14.7 Å². The maximum absolute atomic E-state index is 9.60. The molecule has 4 heteroatoms. The van der Waals surface area contributed by atoms with Gasteiger partial charge in [0.05, 0.1) is 12.1 Å². The normalized spacial score (nSPS) is 21.1. The van der Waals surface area contributed by atoms with Crippen LogP contribution in [0.15, 0.2) is 18.5 Å². The molecule has 16 heavy (non-hydrogen) atoms. The summed E-state index contributed by atoms with van der Waals surface area (Å²) in [6, 6.07) is 2.53. The zero-order chi connectivity index (χ0) is 11.4. The van der Waals surface area contributed by atoms with E-state index >= 15 is 0 Å². The molecule has 1 unspecified atom stereocenters. The van der Waals surface area contributed by atoms with Crippen molar-refractivity contribution >= 4 is 0 Å². The molecule has 1 aromatic heterocycles. The van der Waals surface area contributed by atoms with E-state index < -0.39 is 0 Å². The maximum Gasteiger partial charge on any atom is 0.0664 e. The van der Waals surface area contributed by atoms with E-state index in [4.69, 9.17) is 0 Å². The van der Waals surface area contributed by atoms with Gasteiger partial charge in [0.15, 0.2) is 0 Å². The minimum atomic E-state index is -0.166. The van der Waals surface area contributed by atoms with Crippen molar-refractivity contribution in [3.8, 4) is 0 Å². The summed E-state index contributed by atoms with van der Waals surface area (Å²) in [5.41, 5.74) is 0. The number of β-amino-alcohol motifs (C(OH)–C–C–N with tert-alkyl or cyclic N) is 1. The smallest absolute Gasteiger partial charge is 0.0664 e. The number of rotatable bonds is 4. The largest absolute Gasteiger partial charge is 0.392 e. The first-order valence-electron chi connectivity index (χ1n) is 6.19. The van der Waals surface area contributed by atoms with Crippen molar-refractivity contribution in [2.75, 3.05) is 19.6 Å². The van der Waals surface area contributed by atoms with Crippen molar-refractivity contribution in [1.29, 1.82) is 0 Å². The van der Waals surface area contributed by atoms with E-state index in [0.29, 0.717) is 6.04 Å². The minimum absolute atomic E-state index is 0.166. The molecule has 0 saturated carbocycles. The molecular formula is C12H21N3O. The van der Waals surface area contributed by atoms with Crippen LogP contribution in [-0.4, -0.2) is 45.5 Å². The van der Waals surface area contributed by atoms with Gasteiger partial charge in [-0.15, -0.1) is 0 Å². The van der Waals surface area contributed by atoms with Crippen LogP contribution in [0.3, 0.4) is 0 Å². The van der Waals surface area contributed by atoms with Crippen LogP contribution in [0.1, 0.15) is 32.2 Å². The van der Waals surface area contributed by atoms with E-state index in [2.05, 4.69) is 14.7 Å². The van der Waals surface area contributed by atoms with Gasteiger partial charge in [-0.25, -0.2) is 0 Å². The van der Waals surface area contributed by atoms with Crippen molar-refractivity contribution in [3.63, 3.8) is 0 Å². The van der Waals surface area contributed by atoms with Gasteiger partial charge in [-0.2, -0.15) is 5.10 Å². The molecule has 1 atom stereocenters. The monoisotopic (exact) mass is 223 g/mol. The summed E-state index contributed by atoms with van der Waals surface area (Å²) in [4.78, 5) is 2.36. The molecule has 0 aromatic carbocycles. The lowest BCUT2D eigenvalue weighted by atomic mass is 10.0. The van der Waals surface area contributed by atoms with Crippen LogP contribution in [-0.2, 0) is 0 Å². The molecular weight excluding hydrogens is 202 g/mol. The molecule has 90 valence electrons. The fourth-order valence-corrected chi connectivity index (χ4v) is 2.29. The lowest BCUT2D eigenvalue weighted by molar-refractivity contribution is 0.0866. The Morgan fingerprint density at radius 1 is 1.44 bits per heavy atom. The molecule has 1 fully saturated rings. The predicted octanol–water partition coefficient (Wildman–Crippen LogP) is 1.29. The first-order valence-corrected chi connectivity index (χ1v) is 6.19. The molecule has 1 N–H and O–H groups in total. The molecule has 1 aliphatic rings. The second-order valence-corrected chi connectivity index (χ2v) is 4.58. The molecule has 2 heterocycles. The first-order chi connectivity index (χ1) is 7.79. The van der Waals surface area contributed by atoms with Crippen LogP contribution >= 0.6 is 0 Å². The Morgan fingerprint density at radius 2 is 2.19 bits per heavy atom. The number of piperidine rings is 1. The Hall–Kier alpha value is -0.870. The van der Waals surface area contributed by atoms with Gasteiger partial charge in [0.2, 0.25) is 0 Å². The number of hydrogen-bond acceptors (Lipinski definition) is 3. The van der Waals surface area contributed by atoms with Crippen LogP contribution in [0.25, 0.3) is 0 Å². The Labute approximate surface area is 96.9 Å². The highest BCUT2D eigenvalue weighted by molar-refractivity contribution is 4.84. The van der Waals surface area contributed by atoms with Gasteiger partial charge >= 0.3 is 0 Å². The molecule has 0 amide bonds. The van der Waals surface area contributed by atoms with Gasteiger partial charge in [0, 0.05) is 32.0 Å². The SMILES string of the molecule is CCC(O)CN1CCC(n2cccn2)CC1. The van der Waals surface area contributed by atoms with E-state index in [-0.39, 0.29) is 6.10 Å². The topological polar surface area (TPSA) is 41.3 Å². The number of hydrogen-bond donors (Lipinski definition) is 1. The van der Waals surface area contributed by atoms with E-state index in [1.807, 2.05) is 25.4 Å². The Balaban J connectivity index is 1.78.